The molecule has 0 aliphatic carbocycles. The van der Waals surface area contributed by atoms with Gasteiger partial charge in [-0.05, 0) is 18.1 Å². The second-order valence-corrected chi connectivity index (χ2v) is 8.10. The number of carbonyl (C=O) groups is 2. The number of pyridine rings is 1. The van der Waals surface area contributed by atoms with Crippen LogP contribution in [0.4, 0.5) is 0 Å². The van der Waals surface area contributed by atoms with Crippen LogP contribution in [0.3, 0.4) is 0 Å². The number of carbonyl (C=O) groups excluding carboxylic acids is 1. The van der Waals surface area contributed by atoms with Gasteiger partial charge in [0, 0.05) is 31.8 Å². The van der Waals surface area contributed by atoms with Crippen molar-refractivity contribution >= 4 is 11.9 Å². The van der Waals surface area contributed by atoms with Crippen LogP contribution in [-0.2, 0) is 4.74 Å². The molecule has 3 aromatic rings. The highest BCUT2D eigenvalue weighted by molar-refractivity contribution is 5.97. The lowest BCUT2D eigenvalue weighted by Gasteiger charge is -2.40. The van der Waals surface area contributed by atoms with Crippen molar-refractivity contribution < 1.29 is 24.5 Å². The van der Waals surface area contributed by atoms with Crippen LogP contribution in [0.1, 0.15) is 50.9 Å². The normalized spacial score (nSPS) is 15.4. The molecule has 2 aromatic carbocycles. The zero-order valence-electron chi connectivity index (χ0n) is 18.8. The number of ether oxygens (including phenoxy) is 1. The lowest BCUT2D eigenvalue weighted by atomic mass is 9.83. The molecule has 2 heterocycles. The molecule has 4 rings (SSSR count). The summed E-state index contributed by atoms with van der Waals surface area (Å²) < 4.78 is 6.90. The van der Waals surface area contributed by atoms with E-state index < -0.39 is 34.7 Å². The van der Waals surface area contributed by atoms with Crippen LogP contribution in [0, 0.1) is 0 Å². The Hall–Kier alpha value is -3.91. The summed E-state index contributed by atoms with van der Waals surface area (Å²) in [5, 5.41) is 20.3. The maximum atomic E-state index is 13.3. The number of carboxylic acid groups (broad SMARTS) is 1. The van der Waals surface area contributed by atoms with Crippen LogP contribution < -0.4 is 5.43 Å². The number of hydrogen-bond donors (Lipinski definition) is 2. The number of hydrogen-bond acceptors (Lipinski definition) is 5. The van der Waals surface area contributed by atoms with E-state index in [-0.39, 0.29) is 24.7 Å². The molecular formula is C26H26N2O6. The topological polar surface area (TPSA) is 109 Å². The number of rotatable bonds is 8. The minimum atomic E-state index is -1.46. The van der Waals surface area contributed by atoms with Crippen LogP contribution in [0.2, 0.25) is 0 Å². The third-order valence-corrected chi connectivity index (χ3v) is 6.11. The number of aromatic hydroxyl groups is 1. The first-order valence-corrected chi connectivity index (χ1v) is 11.1. The predicted molar refractivity (Wildman–Crippen MR) is 125 cm³/mol. The van der Waals surface area contributed by atoms with E-state index in [1.807, 2.05) is 67.6 Å². The molecule has 0 unspecified atom stereocenters. The Morgan fingerprint density at radius 1 is 1.06 bits per heavy atom. The number of nitrogens with zero attached hydrogens (tertiary/aromatic N) is 2. The summed E-state index contributed by atoms with van der Waals surface area (Å²) in [5.41, 5.74) is 0.0485. The van der Waals surface area contributed by atoms with Crippen molar-refractivity contribution in [2.75, 3.05) is 26.3 Å². The van der Waals surface area contributed by atoms with E-state index >= 15 is 0 Å². The van der Waals surface area contributed by atoms with Gasteiger partial charge in [0.2, 0.25) is 5.43 Å². The SMILES string of the molecule is CCOCCN1C[C@H](C(c2ccccc2)c2ccccc2)n2cc(C(=O)O)c(=O)c(O)c2C1=O. The predicted octanol–water partition coefficient (Wildman–Crippen LogP) is 3.12. The highest BCUT2D eigenvalue weighted by atomic mass is 16.5. The molecule has 2 N–H and O–H groups in total. The van der Waals surface area contributed by atoms with Crippen molar-refractivity contribution in [1.82, 2.24) is 9.47 Å². The highest BCUT2D eigenvalue weighted by Crippen LogP contribution is 2.40. The van der Waals surface area contributed by atoms with Crippen LogP contribution in [0.25, 0.3) is 0 Å². The van der Waals surface area contributed by atoms with Gasteiger partial charge in [0.1, 0.15) is 5.56 Å². The number of benzene rings is 2. The molecule has 1 atom stereocenters. The summed E-state index contributed by atoms with van der Waals surface area (Å²) in [6.45, 7) is 3.16. The van der Waals surface area contributed by atoms with E-state index in [0.29, 0.717) is 13.2 Å². The van der Waals surface area contributed by atoms with E-state index in [9.17, 15) is 24.6 Å². The van der Waals surface area contributed by atoms with E-state index in [0.717, 1.165) is 11.1 Å². The smallest absolute Gasteiger partial charge is 0.341 e. The largest absolute Gasteiger partial charge is 0.503 e. The number of amides is 1. The molecule has 0 bridgehead atoms. The van der Waals surface area contributed by atoms with Crippen molar-refractivity contribution in [3.63, 3.8) is 0 Å². The summed E-state index contributed by atoms with van der Waals surface area (Å²) in [4.78, 5) is 39.2. The van der Waals surface area contributed by atoms with E-state index in [1.165, 1.54) is 10.8 Å². The van der Waals surface area contributed by atoms with E-state index in [2.05, 4.69) is 0 Å². The zero-order valence-corrected chi connectivity index (χ0v) is 18.8. The quantitative estimate of drug-likeness (QED) is 0.498. The van der Waals surface area contributed by atoms with Gasteiger partial charge >= 0.3 is 5.97 Å². The summed E-state index contributed by atoms with van der Waals surface area (Å²) in [6.07, 6.45) is 1.18. The standard InChI is InChI=1S/C26H26N2O6/c1-2-34-14-13-27-16-20(21(17-9-5-3-6-10-17)18-11-7-4-8-12-18)28-15-19(26(32)33)23(29)24(30)22(28)25(27)31/h3-12,15,20-21,30H,2,13-14,16H2,1H3,(H,32,33)/t20-/m1/s1. The maximum absolute atomic E-state index is 13.3. The maximum Gasteiger partial charge on any atom is 0.341 e. The highest BCUT2D eigenvalue weighted by Gasteiger charge is 2.39. The number of aromatic nitrogens is 1. The minimum Gasteiger partial charge on any atom is -0.503 e. The summed E-state index contributed by atoms with van der Waals surface area (Å²) >= 11 is 0. The molecule has 1 amide bonds. The fraction of sp³-hybridized carbons (Fsp3) is 0.269. The Labute approximate surface area is 196 Å². The molecule has 0 fully saturated rings. The first-order valence-electron chi connectivity index (χ1n) is 11.1. The summed E-state index contributed by atoms with van der Waals surface area (Å²) in [6, 6.07) is 18.9. The van der Waals surface area contributed by atoms with Gasteiger partial charge in [0.05, 0.1) is 12.6 Å². The van der Waals surface area contributed by atoms with Crippen molar-refractivity contribution in [3.05, 3.63) is 99.5 Å². The number of aromatic carboxylic acids is 1. The molecule has 8 nitrogen and oxygen atoms in total. The molecule has 176 valence electrons. The fourth-order valence-electron chi connectivity index (χ4n) is 4.53. The van der Waals surface area contributed by atoms with Gasteiger partial charge in [-0.2, -0.15) is 0 Å². The minimum absolute atomic E-state index is 0.209. The summed E-state index contributed by atoms with van der Waals surface area (Å²) in [7, 11) is 0. The molecule has 8 heteroatoms. The number of carboxylic acids is 1. The molecule has 0 saturated heterocycles. The first-order chi connectivity index (χ1) is 16.4. The van der Waals surface area contributed by atoms with Crippen molar-refractivity contribution in [2.45, 2.75) is 18.9 Å². The second-order valence-electron chi connectivity index (χ2n) is 8.10. The molecule has 1 aliphatic heterocycles. The third-order valence-electron chi connectivity index (χ3n) is 6.11. The van der Waals surface area contributed by atoms with E-state index in [1.54, 1.807) is 4.90 Å². The molecule has 0 saturated carbocycles. The van der Waals surface area contributed by atoms with Gasteiger partial charge < -0.3 is 24.4 Å². The summed E-state index contributed by atoms with van der Waals surface area (Å²) in [5.74, 6) is -3.14. The van der Waals surface area contributed by atoms with Crippen LogP contribution in [0.15, 0.2) is 71.7 Å². The third kappa shape index (κ3) is 4.32. The molecule has 0 spiro atoms. The average Bonchev–Trinajstić information content (AvgIpc) is 2.84. The van der Waals surface area contributed by atoms with Crippen LogP contribution in [0.5, 0.6) is 5.75 Å². The van der Waals surface area contributed by atoms with Gasteiger partial charge in [-0.15, -0.1) is 0 Å². The molecule has 1 aliphatic rings. The van der Waals surface area contributed by atoms with E-state index in [4.69, 9.17) is 4.74 Å². The van der Waals surface area contributed by atoms with Crippen molar-refractivity contribution in [2.24, 2.45) is 0 Å². The average molecular weight is 463 g/mol. The van der Waals surface area contributed by atoms with Gasteiger partial charge in [-0.1, -0.05) is 60.7 Å². The molecule has 34 heavy (non-hydrogen) atoms. The van der Waals surface area contributed by atoms with Gasteiger partial charge in [0.25, 0.3) is 5.91 Å². The molecule has 0 radical (unpaired) electrons. The monoisotopic (exact) mass is 462 g/mol. The number of fused-ring (bicyclic) bond motifs is 1. The molecule has 1 aromatic heterocycles. The van der Waals surface area contributed by atoms with Crippen LogP contribution >= 0.6 is 0 Å². The van der Waals surface area contributed by atoms with Crippen molar-refractivity contribution in [3.8, 4) is 5.75 Å². The van der Waals surface area contributed by atoms with Gasteiger partial charge in [-0.25, -0.2) is 4.79 Å². The fourth-order valence-corrected chi connectivity index (χ4v) is 4.53. The van der Waals surface area contributed by atoms with Crippen molar-refractivity contribution in [1.29, 1.82) is 0 Å². The Kier molecular flexibility index (Phi) is 6.79. The lowest BCUT2D eigenvalue weighted by Crippen LogP contribution is -2.47. The lowest BCUT2D eigenvalue weighted by molar-refractivity contribution is 0.0540. The van der Waals surface area contributed by atoms with Gasteiger partial charge in [0.15, 0.2) is 11.4 Å². The Morgan fingerprint density at radius 2 is 1.65 bits per heavy atom. The second kappa shape index (κ2) is 9.93. The Balaban J connectivity index is 1.94. The van der Waals surface area contributed by atoms with Gasteiger partial charge in [-0.3, -0.25) is 9.59 Å². The Bertz CT molecular complexity index is 1200. The zero-order chi connectivity index (χ0) is 24.2. The Morgan fingerprint density at radius 3 is 2.18 bits per heavy atom. The molecular weight excluding hydrogens is 436 g/mol. The first kappa shape index (κ1) is 23.3. The van der Waals surface area contributed by atoms with Crippen LogP contribution in [-0.4, -0.2) is 57.9 Å².